The van der Waals surface area contributed by atoms with Gasteiger partial charge in [0.1, 0.15) is 0 Å². The molecule has 178 valence electrons. The van der Waals surface area contributed by atoms with E-state index >= 15 is 0 Å². The SMILES string of the molecule is O=C(NCC1CCCCN1C(=O)Nc1ccc(-c2noc(C(F)(F)F)n2)cc1)c1ccncc1. The first-order valence-corrected chi connectivity index (χ1v) is 10.6. The largest absolute Gasteiger partial charge is 0.471 e. The number of urea groups is 1. The summed E-state index contributed by atoms with van der Waals surface area (Å²) in [5, 5.41) is 9.00. The molecule has 1 aliphatic heterocycles. The minimum absolute atomic E-state index is 0.168. The molecular weight excluding hydrogens is 453 g/mol. The second-order valence-electron chi connectivity index (χ2n) is 7.72. The molecule has 1 fully saturated rings. The number of aromatic nitrogens is 3. The van der Waals surface area contributed by atoms with E-state index < -0.39 is 12.1 Å². The summed E-state index contributed by atoms with van der Waals surface area (Å²) in [5.41, 5.74) is 1.26. The van der Waals surface area contributed by atoms with E-state index in [4.69, 9.17) is 0 Å². The normalized spacial score (nSPS) is 16.2. The third-order valence-electron chi connectivity index (χ3n) is 5.39. The highest BCUT2D eigenvalue weighted by Crippen LogP contribution is 2.29. The Balaban J connectivity index is 1.36. The van der Waals surface area contributed by atoms with Gasteiger partial charge in [-0.25, -0.2) is 4.79 Å². The Morgan fingerprint density at radius 2 is 1.82 bits per heavy atom. The zero-order valence-corrected chi connectivity index (χ0v) is 17.9. The summed E-state index contributed by atoms with van der Waals surface area (Å²) in [5.74, 6) is -1.86. The highest BCUT2D eigenvalue weighted by Gasteiger charge is 2.38. The number of carbonyl (C=O) groups is 2. The van der Waals surface area contributed by atoms with Crippen molar-refractivity contribution < 1.29 is 27.3 Å². The molecule has 1 aromatic carbocycles. The first-order chi connectivity index (χ1) is 16.3. The standard InChI is InChI=1S/C22H21F3N6O3/c23-22(24,25)20-29-18(30-34-20)14-4-6-16(7-5-14)28-21(33)31-12-2-1-3-17(31)13-27-19(32)15-8-10-26-11-9-15/h4-11,17H,1-3,12-13H2,(H,27,32)(H,28,33). The van der Waals surface area contributed by atoms with Crippen LogP contribution >= 0.6 is 0 Å². The minimum Gasteiger partial charge on any atom is -0.350 e. The predicted molar refractivity (Wildman–Crippen MR) is 115 cm³/mol. The lowest BCUT2D eigenvalue weighted by atomic mass is 10.0. The van der Waals surface area contributed by atoms with Gasteiger partial charge in [-0.05, 0) is 55.7 Å². The maximum absolute atomic E-state index is 12.9. The van der Waals surface area contributed by atoms with E-state index in [9.17, 15) is 22.8 Å². The van der Waals surface area contributed by atoms with Gasteiger partial charge < -0.3 is 20.1 Å². The Kier molecular flexibility index (Phi) is 6.75. The molecule has 1 atom stereocenters. The third kappa shape index (κ3) is 5.50. The Bertz CT molecular complexity index is 1130. The van der Waals surface area contributed by atoms with Crippen LogP contribution < -0.4 is 10.6 Å². The fraction of sp³-hybridized carbons (Fsp3) is 0.318. The van der Waals surface area contributed by atoms with E-state index in [1.165, 1.54) is 24.5 Å². The van der Waals surface area contributed by atoms with Crippen molar-refractivity contribution in [1.82, 2.24) is 25.3 Å². The fourth-order valence-corrected chi connectivity index (χ4v) is 3.65. The van der Waals surface area contributed by atoms with Crippen LogP contribution in [0.2, 0.25) is 0 Å². The Morgan fingerprint density at radius 3 is 2.50 bits per heavy atom. The summed E-state index contributed by atoms with van der Waals surface area (Å²) in [6.45, 7) is 0.857. The quantitative estimate of drug-likeness (QED) is 0.579. The predicted octanol–water partition coefficient (Wildman–Crippen LogP) is 3.97. The number of nitrogens with zero attached hydrogens (tertiary/aromatic N) is 4. The van der Waals surface area contributed by atoms with Crippen molar-refractivity contribution in [3.8, 4) is 11.4 Å². The highest BCUT2D eigenvalue weighted by atomic mass is 19.4. The molecule has 0 bridgehead atoms. The number of amides is 3. The Labute approximate surface area is 192 Å². The van der Waals surface area contributed by atoms with Crippen LogP contribution in [-0.4, -0.2) is 51.1 Å². The van der Waals surface area contributed by atoms with Crippen molar-refractivity contribution in [2.75, 3.05) is 18.4 Å². The van der Waals surface area contributed by atoms with Gasteiger partial charge in [-0.2, -0.15) is 18.2 Å². The Hall–Kier alpha value is -3.96. The maximum Gasteiger partial charge on any atom is 0.471 e. The van der Waals surface area contributed by atoms with E-state index in [-0.39, 0.29) is 23.8 Å². The molecular formula is C22H21F3N6O3. The van der Waals surface area contributed by atoms with Crippen molar-refractivity contribution in [2.45, 2.75) is 31.5 Å². The maximum atomic E-state index is 12.9. The molecule has 12 heteroatoms. The molecule has 4 rings (SSSR count). The zero-order valence-electron chi connectivity index (χ0n) is 17.9. The van der Waals surface area contributed by atoms with Gasteiger partial charge in [0.25, 0.3) is 5.91 Å². The number of pyridine rings is 1. The lowest BCUT2D eigenvalue weighted by Crippen LogP contribution is -2.50. The van der Waals surface area contributed by atoms with Crippen molar-refractivity contribution in [3.63, 3.8) is 0 Å². The average Bonchev–Trinajstić information content (AvgIpc) is 3.35. The number of anilines is 1. The summed E-state index contributed by atoms with van der Waals surface area (Å²) in [6, 6.07) is 8.80. The lowest BCUT2D eigenvalue weighted by molar-refractivity contribution is -0.159. The molecule has 0 aliphatic carbocycles. The molecule has 2 N–H and O–H groups in total. The molecule has 3 amide bonds. The molecule has 2 aromatic heterocycles. The number of alkyl halides is 3. The van der Waals surface area contributed by atoms with Crippen LogP contribution in [0.3, 0.4) is 0 Å². The molecule has 9 nitrogen and oxygen atoms in total. The molecule has 0 saturated carbocycles. The van der Waals surface area contributed by atoms with Crippen LogP contribution in [0.4, 0.5) is 23.7 Å². The van der Waals surface area contributed by atoms with Crippen molar-refractivity contribution in [3.05, 3.63) is 60.2 Å². The minimum atomic E-state index is -4.72. The van der Waals surface area contributed by atoms with Crippen LogP contribution in [0.25, 0.3) is 11.4 Å². The molecule has 34 heavy (non-hydrogen) atoms. The molecule has 1 unspecified atom stereocenters. The summed E-state index contributed by atoms with van der Waals surface area (Å²) >= 11 is 0. The molecule has 0 spiro atoms. The van der Waals surface area contributed by atoms with Gasteiger partial charge >= 0.3 is 18.1 Å². The van der Waals surface area contributed by atoms with Gasteiger partial charge in [-0.15, -0.1) is 0 Å². The van der Waals surface area contributed by atoms with Crippen LogP contribution in [-0.2, 0) is 6.18 Å². The second-order valence-corrected chi connectivity index (χ2v) is 7.72. The van der Waals surface area contributed by atoms with Crippen molar-refractivity contribution in [2.24, 2.45) is 0 Å². The Morgan fingerprint density at radius 1 is 1.09 bits per heavy atom. The summed E-state index contributed by atoms with van der Waals surface area (Å²) in [7, 11) is 0. The van der Waals surface area contributed by atoms with E-state index in [1.807, 2.05) is 0 Å². The van der Waals surface area contributed by atoms with Gasteiger partial charge in [-0.1, -0.05) is 5.16 Å². The van der Waals surface area contributed by atoms with Crippen LogP contribution in [0.5, 0.6) is 0 Å². The topological polar surface area (TPSA) is 113 Å². The third-order valence-corrected chi connectivity index (χ3v) is 5.39. The number of rotatable bonds is 5. The lowest BCUT2D eigenvalue weighted by Gasteiger charge is -2.35. The molecule has 1 aliphatic rings. The monoisotopic (exact) mass is 474 g/mol. The fourth-order valence-electron chi connectivity index (χ4n) is 3.65. The number of carbonyl (C=O) groups excluding carboxylic acids is 2. The summed E-state index contributed by atoms with van der Waals surface area (Å²) in [6.07, 6.45) is 0.895. The number of hydrogen-bond donors (Lipinski definition) is 2. The summed E-state index contributed by atoms with van der Waals surface area (Å²) in [4.78, 5) is 34.1. The number of nitrogens with one attached hydrogen (secondary N) is 2. The van der Waals surface area contributed by atoms with Gasteiger partial charge in [0.15, 0.2) is 0 Å². The van der Waals surface area contributed by atoms with Crippen molar-refractivity contribution in [1.29, 1.82) is 0 Å². The summed E-state index contributed by atoms with van der Waals surface area (Å²) < 4.78 is 42.2. The molecule has 3 heterocycles. The molecule has 3 aromatic rings. The van der Waals surface area contributed by atoms with Crippen LogP contribution in [0.15, 0.2) is 53.3 Å². The molecule has 0 radical (unpaired) electrons. The van der Waals surface area contributed by atoms with E-state index in [2.05, 4.69) is 30.3 Å². The first kappa shape index (κ1) is 23.2. The number of halogens is 3. The zero-order chi connectivity index (χ0) is 24.1. The number of piperidine rings is 1. The average molecular weight is 474 g/mol. The van der Waals surface area contributed by atoms with E-state index in [1.54, 1.807) is 29.2 Å². The number of hydrogen-bond acceptors (Lipinski definition) is 6. The van der Waals surface area contributed by atoms with E-state index in [0.29, 0.717) is 29.9 Å². The van der Waals surface area contributed by atoms with Crippen LogP contribution in [0.1, 0.15) is 35.5 Å². The van der Waals surface area contributed by atoms with Gasteiger partial charge in [0.05, 0.1) is 6.04 Å². The van der Waals surface area contributed by atoms with Gasteiger partial charge in [0, 0.05) is 42.3 Å². The number of likely N-dealkylation sites (tertiary alicyclic amines) is 1. The van der Waals surface area contributed by atoms with Gasteiger partial charge in [0.2, 0.25) is 5.82 Å². The van der Waals surface area contributed by atoms with Gasteiger partial charge in [-0.3, -0.25) is 9.78 Å². The van der Waals surface area contributed by atoms with E-state index in [0.717, 1.165) is 19.3 Å². The van der Waals surface area contributed by atoms with Crippen molar-refractivity contribution >= 4 is 17.6 Å². The smallest absolute Gasteiger partial charge is 0.350 e. The molecule has 1 saturated heterocycles. The second kappa shape index (κ2) is 9.89. The number of benzene rings is 1. The highest BCUT2D eigenvalue weighted by molar-refractivity contribution is 5.94. The van der Waals surface area contributed by atoms with Crippen LogP contribution in [0, 0.1) is 0 Å². The first-order valence-electron chi connectivity index (χ1n) is 10.6.